The van der Waals surface area contributed by atoms with Gasteiger partial charge in [0.05, 0.1) is 20.3 Å². The molecule has 0 atom stereocenters. The number of hydrogen-bond acceptors (Lipinski definition) is 9. The molecule has 2 heterocycles. The average Bonchev–Trinajstić information content (AvgIpc) is 2.67. The number of nitrogens with one attached hydrogen (secondary N) is 2. The molecular formula is C14H14F3N5O6S. The zero-order valence-electron chi connectivity index (χ0n) is 14.8. The predicted octanol–water partition coefficient (Wildman–Crippen LogP) is 1.34. The number of sulfonamides is 1. The van der Waals surface area contributed by atoms with Gasteiger partial charge in [0.25, 0.3) is 10.0 Å². The Labute approximate surface area is 162 Å². The highest BCUT2D eigenvalue weighted by atomic mass is 32.2. The molecule has 0 unspecified atom stereocenters. The number of ether oxygens (including phenoxy) is 3. The quantitative estimate of drug-likeness (QED) is 0.626. The lowest BCUT2D eigenvalue weighted by Crippen LogP contribution is -2.36. The monoisotopic (exact) mass is 437 g/mol. The molecule has 0 radical (unpaired) electrons. The van der Waals surface area contributed by atoms with Crippen molar-refractivity contribution in [3.8, 4) is 17.5 Å². The molecule has 0 aliphatic rings. The summed E-state index contributed by atoms with van der Waals surface area (Å²) in [7, 11) is -2.23. The lowest BCUT2D eigenvalue weighted by atomic mass is 10.4. The van der Waals surface area contributed by atoms with Crippen LogP contribution in [0.25, 0.3) is 0 Å². The Morgan fingerprint density at radius 1 is 1.21 bits per heavy atom. The van der Waals surface area contributed by atoms with Crippen molar-refractivity contribution in [1.82, 2.24) is 19.7 Å². The number of nitrogens with zero attached hydrogens (tertiary/aromatic N) is 3. The van der Waals surface area contributed by atoms with Gasteiger partial charge in [-0.15, -0.1) is 0 Å². The highest BCUT2D eigenvalue weighted by molar-refractivity contribution is 7.90. The fourth-order valence-corrected chi connectivity index (χ4v) is 2.78. The third-order valence-electron chi connectivity index (χ3n) is 2.96. The number of pyridine rings is 1. The lowest BCUT2D eigenvalue weighted by molar-refractivity contribution is -0.187. The third-order valence-corrected chi connectivity index (χ3v) is 4.23. The number of methoxy groups -OCH3 is 2. The molecule has 2 amide bonds. The van der Waals surface area contributed by atoms with Crippen molar-refractivity contribution in [2.75, 3.05) is 26.2 Å². The van der Waals surface area contributed by atoms with Gasteiger partial charge < -0.3 is 14.2 Å². The second-order valence-corrected chi connectivity index (χ2v) is 6.61. The summed E-state index contributed by atoms with van der Waals surface area (Å²) in [6.07, 6.45) is -3.34. The Hall–Kier alpha value is -3.36. The molecule has 0 aromatic carbocycles. The molecule has 15 heteroatoms. The molecule has 0 bridgehead atoms. The molecule has 29 heavy (non-hydrogen) atoms. The number of anilines is 1. The largest absolute Gasteiger partial charge is 0.481 e. The first kappa shape index (κ1) is 21.9. The fourth-order valence-electron chi connectivity index (χ4n) is 1.81. The molecule has 2 N–H and O–H groups in total. The van der Waals surface area contributed by atoms with Crippen LogP contribution < -0.4 is 24.2 Å². The second kappa shape index (κ2) is 8.76. The van der Waals surface area contributed by atoms with Gasteiger partial charge >= 0.3 is 12.1 Å². The third kappa shape index (κ3) is 5.81. The van der Waals surface area contributed by atoms with Crippen molar-refractivity contribution in [2.24, 2.45) is 0 Å². The molecule has 0 saturated heterocycles. The van der Waals surface area contributed by atoms with E-state index in [9.17, 15) is 26.4 Å². The molecule has 11 nitrogen and oxygen atoms in total. The Kier molecular flexibility index (Phi) is 6.63. The second-order valence-electron chi connectivity index (χ2n) is 5.02. The molecule has 2 rings (SSSR count). The summed E-state index contributed by atoms with van der Waals surface area (Å²) < 4.78 is 78.6. The maximum atomic E-state index is 13.1. The summed E-state index contributed by atoms with van der Waals surface area (Å²) in [4.78, 5) is 22.9. The van der Waals surface area contributed by atoms with Crippen molar-refractivity contribution in [3.05, 3.63) is 24.4 Å². The minimum absolute atomic E-state index is 0.00359. The smallest absolute Gasteiger partial charge is 0.427 e. The summed E-state index contributed by atoms with van der Waals surface area (Å²) in [6, 6.07) is 1.84. The molecular weight excluding hydrogens is 423 g/mol. The van der Waals surface area contributed by atoms with E-state index in [0.29, 0.717) is 0 Å². The van der Waals surface area contributed by atoms with Crippen LogP contribution in [0.2, 0.25) is 0 Å². The van der Waals surface area contributed by atoms with Gasteiger partial charge in [-0.05, 0) is 12.1 Å². The number of carbonyl (C=O) groups is 1. The van der Waals surface area contributed by atoms with E-state index >= 15 is 0 Å². The van der Waals surface area contributed by atoms with E-state index in [4.69, 9.17) is 9.47 Å². The minimum atomic E-state index is -4.79. The number of urea groups is 1. The van der Waals surface area contributed by atoms with E-state index in [1.54, 1.807) is 0 Å². The van der Waals surface area contributed by atoms with E-state index in [2.05, 4.69) is 19.7 Å². The maximum absolute atomic E-state index is 13.1. The Morgan fingerprint density at radius 2 is 1.83 bits per heavy atom. The average molecular weight is 437 g/mol. The van der Waals surface area contributed by atoms with Gasteiger partial charge in [0.1, 0.15) is 0 Å². The molecule has 0 aliphatic carbocycles. The van der Waals surface area contributed by atoms with Crippen LogP contribution in [0.5, 0.6) is 17.5 Å². The standard InChI is InChI=1S/C14H14F3N5O6S/c1-26-9-6-10(27-2)20-12(19-9)21-13(23)22-29(24,25)11-8(4-3-5-18-11)28-14(16,17)7-15/h3-6H,7H2,1-2H3,(H2,19,20,21,22,23). The van der Waals surface area contributed by atoms with Crippen LogP contribution in [0.4, 0.5) is 23.9 Å². The highest BCUT2D eigenvalue weighted by Crippen LogP contribution is 2.27. The van der Waals surface area contributed by atoms with Crippen molar-refractivity contribution in [3.63, 3.8) is 0 Å². The Balaban J connectivity index is 2.23. The van der Waals surface area contributed by atoms with E-state index in [0.717, 1.165) is 18.3 Å². The number of amides is 2. The van der Waals surface area contributed by atoms with Crippen molar-refractivity contribution >= 4 is 22.0 Å². The van der Waals surface area contributed by atoms with Crippen LogP contribution in [0.15, 0.2) is 29.4 Å². The van der Waals surface area contributed by atoms with Gasteiger partial charge in [0, 0.05) is 6.20 Å². The molecule has 158 valence electrons. The summed E-state index contributed by atoms with van der Waals surface area (Å²) in [5.74, 6) is -1.34. The molecule has 2 aromatic rings. The van der Waals surface area contributed by atoms with Crippen LogP contribution in [0, 0.1) is 0 Å². The van der Waals surface area contributed by atoms with Crippen LogP contribution in [-0.2, 0) is 10.0 Å². The van der Waals surface area contributed by atoms with Crippen LogP contribution in [0.3, 0.4) is 0 Å². The normalized spacial score (nSPS) is 11.5. The molecule has 0 spiro atoms. The molecule has 0 saturated carbocycles. The summed E-state index contributed by atoms with van der Waals surface area (Å²) in [6.45, 7) is -2.20. The van der Waals surface area contributed by atoms with Gasteiger partial charge in [-0.1, -0.05) is 0 Å². The first-order valence-corrected chi connectivity index (χ1v) is 8.97. The lowest BCUT2D eigenvalue weighted by Gasteiger charge is -2.16. The number of rotatable bonds is 8. The highest BCUT2D eigenvalue weighted by Gasteiger charge is 2.35. The predicted molar refractivity (Wildman–Crippen MR) is 90.3 cm³/mol. The van der Waals surface area contributed by atoms with Gasteiger partial charge in [0.15, 0.2) is 12.4 Å². The zero-order valence-corrected chi connectivity index (χ0v) is 15.7. The van der Waals surface area contributed by atoms with Crippen molar-refractivity contribution in [1.29, 1.82) is 0 Å². The van der Waals surface area contributed by atoms with Gasteiger partial charge in [-0.2, -0.15) is 27.2 Å². The van der Waals surface area contributed by atoms with Crippen molar-refractivity contribution in [2.45, 2.75) is 11.1 Å². The summed E-state index contributed by atoms with van der Waals surface area (Å²) >= 11 is 0. The first-order valence-electron chi connectivity index (χ1n) is 7.49. The maximum Gasteiger partial charge on any atom is 0.427 e. The number of carbonyl (C=O) groups excluding carboxylic acids is 1. The zero-order chi connectivity index (χ0) is 21.7. The number of alkyl halides is 3. The van der Waals surface area contributed by atoms with Crippen LogP contribution in [-0.4, -0.2) is 56.4 Å². The molecule has 2 aromatic heterocycles. The topological polar surface area (TPSA) is 142 Å². The van der Waals surface area contributed by atoms with E-state index in [1.807, 2.05) is 5.32 Å². The first-order chi connectivity index (χ1) is 13.6. The fraction of sp³-hybridized carbons (Fsp3) is 0.286. The number of hydrogen-bond donors (Lipinski definition) is 2. The van der Waals surface area contributed by atoms with Gasteiger partial charge in [-0.3, -0.25) is 5.32 Å². The van der Waals surface area contributed by atoms with E-state index < -0.39 is 39.6 Å². The summed E-state index contributed by atoms with van der Waals surface area (Å²) in [5, 5.41) is 0.945. The SMILES string of the molecule is COc1cc(OC)nc(NC(=O)NS(=O)(=O)c2ncccc2OC(F)(F)CF)n1. The van der Waals surface area contributed by atoms with Crippen molar-refractivity contribution < 1.29 is 40.6 Å². The van der Waals surface area contributed by atoms with Gasteiger partial charge in [-0.25, -0.2) is 18.9 Å². The Morgan fingerprint density at radius 3 is 2.38 bits per heavy atom. The van der Waals surface area contributed by atoms with Gasteiger partial charge in [0.2, 0.25) is 22.7 Å². The minimum Gasteiger partial charge on any atom is -0.481 e. The number of aromatic nitrogens is 3. The van der Waals surface area contributed by atoms with E-state index in [-0.39, 0.29) is 17.7 Å². The molecule has 0 aliphatic heterocycles. The van der Waals surface area contributed by atoms with Crippen LogP contribution in [0.1, 0.15) is 0 Å². The number of halogens is 3. The van der Waals surface area contributed by atoms with E-state index in [1.165, 1.54) is 25.0 Å². The summed E-state index contributed by atoms with van der Waals surface area (Å²) in [5.41, 5.74) is 0. The van der Waals surface area contributed by atoms with Crippen LogP contribution >= 0.6 is 0 Å². The molecule has 0 fully saturated rings. The Bertz CT molecular complexity index is 969.